The van der Waals surface area contributed by atoms with Crippen LogP contribution in [0, 0.1) is 13.8 Å². The molecule has 0 spiro atoms. The van der Waals surface area contributed by atoms with Gasteiger partial charge in [0, 0.05) is 38.2 Å². The van der Waals surface area contributed by atoms with Gasteiger partial charge in [0.15, 0.2) is 0 Å². The van der Waals surface area contributed by atoms with Crippen LogP contribution in [0.15, 0.2) is 51.7 Å². The summed E-state index contributed by atoms with van der Waals surface area (Å²) in [5.74, 6) is 0.523. The summed E-state index contributed by atoms with van der Waals surface area (Å²) in [5, 5.41) is 1.01. The molecule has 3 aromatic rings. The van der Waals surface area contributed by atoms with Gasteiger partial charge in [0.25, 0.3) is 0 Å². The Kier molecular flexibility index (Phi) is 6.88. The molecule has 0 aliphatic carbocycles. The van der Waals surface area contributed by atoms with Crippen molar-refractivity contribution in [2.24, 2.45) is 0 Å². The van der Waals surface area contributed by atoms with E-state index in [-0.39, 0.29) is 5.63 Å². The van der Waals surface area contributed by atoms with E-state index in [1.54, 1.807) is 13.2 Å². The molecule has 0 amide bonds. The number of rotatable bonds is 8. The molecule has 0 radical (unpaired) electrons. The summed E-state index contributed by atoms with van der Waals surface area (Å²) in [6.07, 6.45) is 0. The first kappa shape index (κ1) is 21.3. The highest BCUT2D eigenvalue weighted by Gasteiger charge is 2.14. The molecule has 1 heterocycles. The van der Waals surface area contributed by atoms with Gasteiger partial charge in [-0.05, 0) is 53.6 Å². The number of aryl methyl sites for hydroxylation is 2. The second kappa shape index (κ2) is 9.38. The number of methoxy groups -OCH3 is 1. The third-order valence-electron chi connectivity index (χ3n) is 5.32. The minimum Gasteiger partial charge on any atom is -0.422 e. The van der Waals surface area contributed by atoms with E-state index < -0.39 is 0 Å². The zero-order valence-corrected chi connectivity index (χ0v) is 18.1. The van der Waals surface area contributed by atoms with E-state index in [1.807, 2.05) is 13.0 Å². The lowest BCUT2D eigenvalue weighted by atomic mass is 10.0. The number of benzene rings is 2. The van der Waals surface area contributed by atoms with Crippen molar-refractivity contribution >= 4 is 11.0 Å². The highest BCUT2D eigenvalue weighted by Crippen LogP contribution is 2.24. The molecule has 4 nitrogen and oxygen atoms in total. The molecule has 0 atom stereocenters. The summed E-state index contributed by atoms with van der Waals surface area (Å²) in [4.78, 5) is 14.5. The molecule has 154 valence electrons. The van der Waals surface area contributed by atoms with Crippen LogP contribution in [-0.2, 0) is 17.8 Å². The lowest BCUT2D eigenvalue weighted by molar-refractivity contribution is 0.140. The summed E-state index contributed by atoms with van der Waals surface area (Å²) < 4.78 is 10.8. The van der Waals surface area contributed by atoms with Crippen molar-refractivity contribution < 1.29 is 9.15 Å². The van der Waals surface area contributed by atoms with E-state index in [0.29, 0.717) is 24.7 Å². The molecule has 0 saturated carbocycles. The molecule has 2 aromatic carbocycles. The highest BCUT2D eigenvalue weighted by molar-refractivity contribution is 5.83. The standard InChI is InChI=1S/C25H31NO3/c1-17(2)21-8-6-20(7-9-21)15-26(10-11-28-5)16-22-14-24(27)29-25-19(4)12-18(3)13-23(22)25/h6-9,12-14,17H,10-11,15-16H2,1-5H3. The molecule has 4 heteroatoms. The monoisotopic (exact) mass is 393 g/mol. The Morgan fingerprint density at radius 3 is 2.41 bits per heavy atom. The second-order valence-electron chi connectivity index (χ2n) is 8.15. The van der Waals surface area contributed by atoms with E-state index in [4.69, 9.17) is 9.15 Å². The fourth-order valence-corrected chi connectivity index (χ4v) is 3.75. The smallest absolute Gasteiger partial charge is 0.336 e. The Labute approximate surface area is 173 Å². The zero-order chi connectivity index (χ0) is 21.0. The van der Waals surface area contributed by atoms with E-state index in [9.17, 15) is 4.79 Å². The maximum absolute atomic E-state index is 12.2. The van der Waals surface area contributed by atoms with Gasteiger partial charge in [-0.25, -0.2) is 4.79 Å². The van der Waals surface area contributed by atoms with Gasteiger partial charge in [0.05, 0.1) is 6.61 Å². The van der Waals surface area contributed by atoms with Crippen LogP contribution < -0.4 is 5.63 Å². The van der Waals surface area contributed by atoms with Crippen LogP contribution in [0.1, 0.15) is 47.6 Å². The molecular weight excluding hydrogens is 362 g/mol. The predicted octanol–water partition coefficient (Wildman–Crippen LogP) is 5.18. The van der Waals surface area contributed by atoms with Gasteiger partial charge in [-0.1, -0.05) is 44.2 Å². The highest BCUT2D eigenvalue weighted by atomic mass is 16.5. The molecule has 0 fully saturated rings. The van der Waals surface area contributed by atoms with Crippen LogP contribution in [0.4, 0.5) is 0 Å². The Bertz CT molecular complexity index is 1020. The minimum absolute atomic E-state index is 0.299. The van der Waals surface area contributed by atoms with E-state index in [0.717, 1.165) is 35.2 Å². The number of fused-ring (bicyclic) bond motifs is 1. The summed E-state index contributed by atoms with van der Waals surface area (Å²) in [6.45, 7) is 11.4. The van der Waals surface area contributed by atoms with Crippen molar-refractivity contribution in [1.29, 1.82) is 0 Å². The van der Waals surface area contributed by atoms with E-state index >= 15 is 0 Å². The first-order chi connectivity index (χ1) is 13.9. The van der Waals surface area contributed by atoms with Gasteiger partial charge in [-0.3, -0.25) is 4.90 Å². The van der Waals surface area contributed by atoms with Gasteiger partial charge in [0.2, 0.25) is 0 Å². The Morgan fingerprint density at radius 2 is 1.76 bits per heavy atom. The SMILES string of the molecule is COCCN(Cc1ccc(C(C)C)cc1)Cc1cc(=O)oc2c(C)cc(C)cc12. The van der Waals surface area contributed by atoms with Crippen molar-refractivity contribution in [1.82, 2.24) is 4.90 Å². The van der Waals surface area contributed by atoms with Crippen LogP contribution >= 0.6 is 0 Å². The number of hydrogen-bond acceptors (Lipinski definition) is 4. The van der Waals surface area contributed by atoms with Gasteiger partial charge in [0.1, 0.15) is 5.58 Å². The molecule has 29 heavy (non-hydrogen) atoms. The molecule has 0 bridgehead atoms. The van der Waals surface area contributed by atoms with Crippen molar-refractivity contribution in [3.05, 3.63) is 80.7 Å². The maximum atomic E-state index is 12.2. The predicted molar refractivity (Wildman–Crippen MR) is 118 cm³/mol. The van der Waals surface area contributed by atoms with Crippen LogP contribution in [0.3, 0.4) is 0 Å². The molecule has 3 rings (SSSR count). The summed E-state index contributed by atoms with van der Waals surface area (Å²) >= 11 is 0. The van der Waals surface area contributed by atoms with Crippen LogP contribution in [0.5, 0.6) is 0 Å². The van der Waals surface area contributed by atoms with Crippen molar-refractivity contribution in [3.8, 4) is 0 Å². The molecule has 0 aliphatic rings. The Morgan fingerprint density at radius 1 is 1.03 bits per heavy atom. The van der Waals surface area contributed by atoms with Crippen LogP contribution in [-0.4, -0.2) is 25.2 Å². The normalized spacial score (nSPS) is 11.7. The molecular formula is C25H31NO3. The first-order valence-corrected chi connectivity index (χ1v) is 10.2. The lowest BCUT2D eigenvalue weighted by Gasteiger charge is -2.23. The largest absolute Gasteiger partial charge is 0.422 e. The topological polar surface area (TPSA) is 42.7 Å². The zero-order valence-electron chi connectivity index (χ0n) is 18.1. The Balaban J connectivity index is 1.91. The third-order valence-corrected chi connectivity index (χ3v) is 5.32. The van der Waals surface area contributed by atoms with Gasteiger partial charge >= 0.3 is 5.63 Å². The van der Waals surface area contributed by atoms with Crippen molar-refractivity contribution in [3.63, 3.8) is 0 Å². The lowest BCUT2D eigenvalue weighted by Crippen LogP contribution is -2.27. The number of nitrogens with zero attached hydrogens (tertiary/aromatic N) is 1. The average molecular weight is 394 g/mol. The first-order valence-electron chi connectivity index (χ1n) is 10.2. The summed E-state index contributed by atoms with van der Waals surface area (Å²) in [5.41, 5.74) is 6.14. The molecule has 0 aliphatic heterocycles. The fraction of sp³-hybridized carbons (Fsp3) is 0.400. The fourth-order valence-electron chi connectivity index (χ4n) is 3.75. The van der Waals surface area contributed by atoms with Gasteiger partial charge < -0.3 is 9.15 Å². The summed E-state index contributed by atoms with van der Waals surface area (Å²) in [6, 6.07) is 14.6. The third kappa shape index (κ3) is 5.34. The van der Waals surface area contributed by atoms with E-state index in [2.05, 4.69) is 56.0 Å². The van der Waals surface area contributed by atoms with E-state index in [1.165, 1.54) is 11.1 Å². The van der Waals surface area contributed by atoms with Gasteiger partial charge in [-0.15, -0.1) is 0 Å². The maximum Gasteiger partial charge on any atom is 0.336 e. The Hall–Kier alpha value is -2.43. The minimum atomic E-state index is -0.299. The number of hydrogen-bond donors (Lipinski definition) is 0. The molecule has 0 N–H and O–H groups in total. The average Bonchev–Trinajstić information content (AvgIpc) is 2.67. The second-order valence-corrected chi connectivity index (χ2v) is 8.15. The molecule has 0 saturated heterocycles. The number of ether oxygens (including phenoxy) is 1. The van der Waals surface area contributed by atoms with Crippen LogP contribution in [0.2, 0.25) is 0 Å². The summed E-state index contributed by atoms with van der Waals surface area (Å²) in [7, 11) is 1.72. The van der Waals surface area contributed by atoms with Crippen molar-refractivity contribution in [2.45, 2.75) is 46.7 Å². The van der Waals surface area contributed by atoms with Gasteiger partial charge in [-0.2, -0.15) is 0 Å². The van der Waals surface area contributed by atoms with Crippen LogP contribution in [0.25, 0.3) is 11.0 Å². The quantitative estimate of drug-likeness (QED) is 0.495. The van der Waals surface area contributed by atoms with Crippen molar-refractivity contribution in [2.75, 3.05) is 20.3 Å². The molecule has 1 aromatic heterocycles. The molecule has 0 unspecified atom stereocenters.